The van der Waals surface area contributed by atoms with Gasteiger partial charge in [-0.1, -0.05) is 36.4 Å². The zero-order valence-corrected chi connectivity index (χ0v) is 23.1. The first kappa shape index (κ1) is 26.9. The molecule has 7 heteroatoms. The number of amides is 2. The quantitative estimate of drug-likeness (QED) is 0.506. The van der Waals surface area contributed by atoms with Crippen LogP contribution in [0, 0.1) is 6.92 Å². The van der Waals surface area contributed by atoms with Crippen molar-refractivity contribution in [2.45, 2.75) is 32.4 Å². The average molecular weight is 527 g/mol. The molecule has 2 fully saturated rings. The van der Waals surface area contributed by atoms with Crippen LogP contribution in [0.15, 0.2) is 66.7 Å². The van der Waals surface area contributed by atoms with E-state index < -0.39 is 6.10 Å². The standard InChI is InChI=1S/C32H38N4O3/c1-22-10-11-28(35-16-14-34(3)15-17-35)20-30(22)31(38)33-23(2)24-6-4-7-25(18-24)26-8-5-9-27(19-26)32(39)36-13-12-29(37)21-36/h4-11,18-20,23,29,37H,12-17,21H2,1-3H3,(H,33,38)/t23-,29+/m1/s1. The number of β-amino-alcohol motifs (C(OH)–C–C–N with tert-alkyl or cyclic N) is 1. The van der Waals surface area contributed by atoms with E-state index in [0.29, 0.717) is 30.6 Å². The largest absolute Gasteiger partial charge is 0.391 e. The lowest BCUT2D eigenvalue weighted by Gasteiger charge is -2.34. The molecule has 0 unspecified atom stereocenters. The van der Waals surface area contributed by atoms with Crippen molar-refractivity contribution < 1.29 is 14.7 Å². The minimum Gasteiger partial charge on any atom is -0.391 e. The molecule has 3 aromatic rings. The Kier molecular flexibility index (Phi) is 8.00. The van der Waals surface area contributed by atoms with E-state index in [0.717, 1.165) is 54.1 Å². The Morgan fingerprint density at radius 1 is 0.923 bits per heavy atom. The Hall–Kier alpha value is -3.68. The fourth-order valence-electron chi connectivity index (χ4n) is 5.40. The van der Waals surface area contributed by atoms with Crippen LogP contribution >= 0.6 is 0 Å². The highest BCUT2D eigenvalue weighted by Gasteiger charge is 2.25. The maximum absolute atomic E-state index is 13.4. The number of carbonyl (C=O) groups is 2. The number of piperazine rings is 1. The van der Waals surface area contributed by atoms with Crippen LogP contribution in [0.3, 0.4) is 0 Å². The molecule has 0 radical (unpaired) electrons. The van der Waals surface area contributed by atoms with E-state index in [-0.39, 0.29) is 17.9 Å². The molecule has 3 aromatic carbocycles. The van der Waals surface area contributed by atoms with E-state index in [1.165, 1.54) is 0 Å². The van der Waals surface area contributed by atoms with Crippen molar-refractivity contribution in [3.63, 3.8) is 0 Å². The Morgan fingerprint density at radius 2 is 1.64 bits per heavy atom. The monoisotopic (exact) mass is 526 g/mol. The molecule has 0 saturated carbocycles. The Morgan fingerprint density at radius 3 is 2.36 bits per heavy atom. The summed E-state index contributed by atoms with van der Waals surface area (Å²) >= 11 is 0. The highest BCUT2D eigenvalue weighted by Crippen LogP contribution is 2.26. The first-order valence-electron chi connectivity index (χ1n) is 13.8. The van der Waals surface area contributed by atoms with Gasteiger partial charge in [-0.05, 0) is 79.9 Å². The second-order valence-electron chi connectivity index (χ2n) is 10.9. The van der Waals surface area contributed by atoms with E-state index >= 15 is 0 Å². The number of hydrogen-bond acceptors (Lipinski definition) is 5. The number of likely N-dealkylation sites (tertiary alicyclic amines) is 1. The molecule has 0 aliphatic carbocycles. The fourth-order valence-corrected chi connectivity index (χ4v) is 5.40. The number of carbonyl (C=O) groups excluding carboxylic acids is 2. The third kappa shape index (κ3) is 6.15. The van der Waals surface area contributed by atoms with Crippen LogP contribution in [0.4, 0.5) is 5.69 Å². The lowest BCUT2D eigenvalue weighted by atomic mass is 9.98. The van der Waals surface area contributed by atoms with Crippen molar-refractivity contribution in [3.8, 4) is 11.1 Å². The van der Waals surface area contributed by atoms with Crippen LogP contribution in [0.1, 0.15) is 51.2 Å². The average Bonchev–Trinajstić information content (AvgIpc) is 3.39. The molecule has 5 rings (SSSR count). The number of aliphatic hydroxyl groups excluding tert-OH is 1. The van der Waals surface area contributed by atoms with Gasteiger partial charge in [0.1, 0.15) is 0 Å². The van der Waals surface area contributed by atoms with Gasteiger partial charge in [-0.3, -0.25) is 9.59 Å². The number of hydrogen-bond donors (Lipinski definition) is 2. The molecule has 2 aliphatic rings. The molecular formula is C32H38N4O3. The Bertz CT molecular complexity index is 1350. The van der Waals surface area contributed by atoms with Gasteiger partial charge in [-0.2, -0.15) is 0 Å². The molecule has 204 valence electrons. The third-order valence-corrected chi connectivity index (χ3v) is 7.96. The number of nitrogens with one attached hydrogen (secondary N) is 1. The van der Waals surface area contributed by atoms with E-state index in [1.807, 2.05) is 68.4 Å². The molecule has 2 N–H and O–H groups in total. The summed E-state index contributed by atoms with van der Waals surface area (Å²) in [7, 11) is 2.14. The van der Waals surface area contributed by atoms with Crippen LogP contribution in [0.2, 0.25) is 0 Å². The van der Waals surface area contributed by atoms with Crippen molar-refractivity contribution >= 4 is 17.5 Å². The Labute approximate surface area is 231 Å². The highest BCUT2D eigenvalue weighted by molar-refractivity contribution is 5.97. The van der Waals surface area contributed by atoms with Gasteiger partial charge in [0, 0.05) is 56.1 Å². The molecule has 0 spiro atoms. The second kappa shape index (κ2) is 11.6. The summed E-state index contributed by atoms with van der Waals surface area (Å²) in [5, 5.41) is 13.0. The van der Waals surface area contributed by atoms with Crippen LogP contribution in [-0.2, 0) is 0 Å². The molecule has 2 heterocycles. The van der Waals surface area contributed by atoms with Gasteiger partial charge in [-0.25, -0.2) is 0 Å². The zero-order chi connectivity index (χ0) is 27.5. The third-order valence-electron chi connectivity index (χ3n) is 7.96. The van der Waals surface area contributed by atoms with Crippen molar-refractivity contribution in [2.75, 3.05) is 51.2 Å². The lowest BCUT2D eigenvalue weighted by molar-refractivity contribution is 0.0764. The second-order valence-corrected chi connectivity index (χ2v) is 10.9. The van der Waals surface area contributed by atoms with Gasteiger partial charge in [0.05, 0.1) is 12.1 Å². The number of rotatable bonds is 6. The lowest BCUT2D eigenvalue weighted by Crippen LogP contribution is -2.44. The minimum absolute atomic E-state index is 0.0561. The highest BCUT2D eigenvalue weighted by atomic mass is 16.3. The predicted molar refractivity (Wildman–Crippen MR) is 155 cm³/mol. The van der Waals surface area contributed by atoms with Crippen LogP contribution in [-0.4, -0.2) is 79.1 Å². The number of aryl methyl sites for hydroxylation is 1. The number of anilines is 1. The molecule has 2 amide bonds. The molecule has 2 saturated heterocycles. The predicted octanol–water partition coefficient (Wildman–Crippen LogP) is 4.11. The summed E-state index contributed by atoms with van der Waals surface area (Å²) in [6.45, 7) is 8.87. The van der Waals surface area contributed by atoms with Crippen molar-refractivity contribution in [1.82, 2.24) is 15.1 Å². The SMILES string of the molecule is Cc1ccc(N2CCN(C)CC2)cc1C(=O)N[C@H](C)c1cccc(-c2cccc(C(=O)N3CC[C@H](O)C3)c2)c1. The van der Waals surface area contributed by atoms with E-state index in [4.69, 9.17) is 0 Å². The number of nitrogens with zero attached hydrogens (tertiary/aromatic N) is 3. The Balaban J connectivity index is 1.30. The van der Waals surface area contributed by atoms with Crippen LogP contribution in [0.5, 0.6) is 0 Å². The van der Waals surface area contributed by atoms with Crippen LogP contribution in [0.25, 0.3) is 11.1 Å². The van der Waals surface area contributed by atoms with E-state index in [9.17, 15) is 14.7 Å². The first-order chi connectivity index (χ1) is 18.8. The van der Waals surface area contributed by atoms with Crippen LogP contribution < -0.4 is 10.2 Å². The molecule has 2 atom stereocenters. The summed E-state index contributed by atoms with van der Waals surface area (Å²) in [5.41, 5.74) is 6.28. The van der Waals surface area contributed by atoms with Crippen molar-refractivity contribution in [3.05, 3.63) is 89.0 Å². The maximum atomic E-state index is 13.4. The van der Waals surface area contributed by atoms with Gasteiger partial charge in [0.15, 0.2) is 0 Å². The summed E-state index contributed by atoms with van der Waals surface area (Å²) in [5.74, 6) is -0.138. The summed E-state index contributed by atoms with van der Waals surface area (Å²) < 4.78 is 0. The van der Waals surface area contributed by atoms with Crippen molar-refractivity contribution in [1.29, 1.82) is 0 Å². The summed E-state index contributed by atoms with van der Waals surface area (Å²) in [6.07, 6.45) is 0.181. The van der Waals surface area contributed by atoms with Crippen molar-refractivity contribution in [2.24, 2.45) is 0 Å². The maximum Gasteiger partial charge on any atom is 0.253 e. The van der Waals surface area contributed by atoms with Gasteiger partial charge < -0.3 is 25.1 Å². The number of likely N-dealkylation sites (N-methyl/N-ethyl adjacent to an activating group) is 1. The van der Waals surface area contributed by atoms with Gasteiger partial charge >= 0.3 is 0 Å². The molecule has 7 nitrogen and oxygen atoms in total. The van der Waals surface area contributed by atoms with E-state index in [2.05, 4.69) is 34.3 Å². The first-order valence-corrected chi connectivity index (χ1v) is 13.8. The molecule has 2 aliphatic heterocycles. The van der Waals surface area contributed by atoms with E-state index in [1.54, 1.807) is 4.90 Å². The summed E-state index contributed by atoms with van der Waals surface area (Å²) in [4.78, 5) is 32.7. The number of benzene rings is 3. The molecule has 39 heavy (non-hydrogen) atoms. The zero-order valence-electron chi connectivity index (χ0n) is 23.1. The minimum atomic E-state index is -0.441. The molecular weight excluding hydrogens is 488 g/mol. The molecule has 0 aromatic heterocycles. The smallest absolute Gasteiger partial charge is 0.253 e. The topological polar surface area (TPSA) is 76.1 Å². The number of aliphatic hydroxyl groups is 1. The van der Waals surface area contributed by atoms with Gasteiger partial charge in [-0.15, -0.1) is 0 Å². The summed E-state index contributed by atoms with van der Waals surface area (Å²) in [6, 6.07) is 21.7. The van der Waals surface area contributed by atoms with Gasteiger partial charge in [0.2, 0.25) is 0 Å². The normalized spacial score (nSPS) is 18.7. The fraction of sp³-hybridized carbons (Fsp3) is 0.375. The molecule has 0 bridgehead atoms. The van der Waals surface area contributed by atoms with Gasteiger partial charge in [0.25, 0.3) is 11.8 Å².